The average Bonchev–Trinajstić information content (AvgIpc) is 3.02. The third-order valence-corrected chi connectivity index (χ3v) is 3.58. The summed E-state index contributed by atoms with van der Waals surface area (Å²) in [6.45, 7) is 4.89. The second kappa shape index (κ2) is 7.52. The molecule has 0 spiro atoms. The zero-order chi connectivity index (χ0) is 18.8. The number of amides is 1. The van der Waals surface area contributed by atoms with Gasteiger partial charge in [0.15, 0.2) is 6.10 Å². The predicted octanol–water partition coefficient (Wildman–Crippen LogP) is 1.38. The van der Waals surface area contributed by atoms with Crippen LogP contribution in [-0.4, -0.2) is 59.0 Å². The molecular weight excluding hydrogens is 337 g/mol. The number of nitrogens with zero attached hydrogens (tertiary/aromatic N) is 3. The molecule has 1 amide bonds. The van der Waals surface area contributed by atoms with Gasteiger partial charge >= 0.3 is 11.8 Å². The summed E-state index contributed by atoms with van der Waals surface area (Å²) in [6, 6.07) is -0.738. The smallest absolute Gasteiger partial charge is 0.436 e. The highest BCUT2D eigenvalue weighted by molar-refractivity contribution is 5.69. The first-order valence-corrected chi connectivity index (χ1v) is 7.90. The topological polar surface area (TPSA) is 96.0 Å². The molecule has 0 aromatic carbocycles. The van der Waals surface area contributed by atoms with E-state index >= 15 is 0 Å². The molecule has 0 N–H and O–H groups in total. The molecule has 3 atom stereocenters. The van der Waals surface area contributed by atoms with Crippen molar-refractivity contribution in [1.82, 2.24) is 14.7 Å². The molecule has 1 unspecified atom stereocenters. The summed E-state index contributed by atoms with van der Waals surface area (Å²) in [5, 5.41) is 3.96. The van der Waals surface area contributed by atoms with E-state index in [2.05, 4.69) is 5.10 Å². The summed E-state index contributed by atoms with van der Waals surface area (Å²) < 4.78 is 35.9. The Hall–Kier alpha value is -1.94. The Morgan fingerprint density at radius 3 is 2.68 bits per heavy atom. The third-order valence-electron chi connectivity index (χ3n) is 3.58. The summed E-state index contributed by atoms with van der Waals surface area (Å²) in [5.41, 5.74) is -0.726. The number of aryl methyl sites for hydroxylation is 1. The molecule has 0 saturated carbocycles. The zero-order valence-corrected chi connectivity index (χ0v) is 15.0. The number of alkyl halides is 1. The van der Waals surface area contributed by atoms with E-state index < -0.39 is 35.8 Å². The van der Waals surface area contributed by atoms with Gasteiger partial charge in [-0.05, 0) is 20.8 Å². The van der Waals surface area contributed by atoms with E-state index in [0.717, 1.165) is 4.68 Å². The van der Waals surface area contributed by atoms with Gasteiger partial charge < -0.3 is 18.6 Å². The van der Waals surface area contributed by atoms with Gasteiger partial charge in [0, 0.05) is 20.6 Å². The molecule has 1 aromatic heterocycles. The highest BCUT2D eigenvalue weighted by Gasteiger charge is 2.45. The van der Waals surface area contributed by atoms with E-state index in [0.29, 0.717) is 0 Å². The summed E-state index contributed by atoms with van der Waals surface area (Å²) in [5.74, 6) is -0.725. The highest BCUT2D eigenvalue weighted by Crippen LogP contribution is 2.33. The maximum Gasteiger partial charge on any atom is 0.436 e. The number of carbonyl (C=O) groups is 1. The standard InChI is InChI=1S/C15H24FN3O6/c1-15(2,3)25-14(21)19-7-9(16)6-10(19)11(23-8-22-5)12-17-18(4)13(20)24-12/h9-11H,6-8H2,1-5H3/t9-,10-,11?/m0/s1. The molecule has 1 fully saturated rings. The average molecular weight is 361 g/mol. The third kappa shape index (κ3) is 4.79. The Kier molecular flexibility index (Phi) is 5.83. The lowest BCUT2D eigenvalue weighted by Crippen LogP contribution is -2.43. The molecule has 0 aliphatic carbocycles. The number of rotatable bonds is 5. The van der Waals surface area contributed by atoms with Crippen molar-refractivity contribution in [2.24, 2.45) is 7.05 Å². The fraction of sp³-hybridized carbons (Fsp3) is 0.800. The molecule has 25 heavy (non-hydrogen) atoms. The van der Waals surface area contributed by atoms with Crippen LogP contribution in [0.2, 0.25) is 0 Å². The van der Waals surface area contributed by atoms with Gasteiger partial charge in [-0.2, -0.15) is 4.68 Å². The lowest BCUT2D eigenvalue weighted by molar-refractivity contribution is -0.106. The van der Waals surface area contributed by atoms with Crippen molar-refractivity contribution >= 4 is 6.09 Å². The van der Waals surface area contributed by atoms with Crippen LogP contribution in [0.4, 0.5) is 9.18 Å². The Labute approximate surface area is 144 Å². The van der Waals surface area contributed by atoms with Gasteiger partial charge in [-0.25, -0.2) is 14.0 Å². The molecule has 2 heterocycles. The minimum Gasteiger partial charge on any atom is -0.444 e. The highest BCUT2D eigenvalue weighted by atomic mass is 19.1. The van der Waals surface area contributed by atoms with E-state index in [1.165, 1.54) is 19.1 Å². The van der Waals surface area contributed by atoms with Gasteiger partial charge in [-0.15, -0.1) is 5.10 Å². The van der Waals surface area contributed by atoms with E-state index in [-0.39, 0.29) is 25.6 Å². The first kappa shape index (κ1) is 19.4. The molecule has 1 aliphatic rings. The van der Waals surface area contributed by atoms with Gasteiger partial charge in [-0.1, -0.05) is 0 Å². The van der Waals surface area contributed by atoms with Gasteiger partial charge in [0.25, 0.3) is 0 Å². The van der Waals surface area contributed by atoms with Crippen LogP contribution in [0.3, 0.4) is 0 Å². The van der Waals surface area contributed by atoms with Gasteiger partial charge in [0.05, 0.1) is 12.6 Å². The summed E-state index contributed by atoms with van der Waals surface area (Å²) >= 11 is 0. The van der Waals surface area contributed by atoms with Crippen molar-refractivity contribution in [3.63, 3.8) is 0 Å². The van der Waals surface area contributed by atoms with Crippen LogP contribution in [0.25, 0.3) is 0 Å². The number of ether oxygens (including phenoxy) is 3. The van der Waals surface area contributed by atoms with E-state index in [1.807, 2.05) is 0 Å². The minimum absolute atomic E-state index is 0.00785. The van der Waals surface area contributed by atoms with E-state index in [1.54, 1.807) is 20.8 Å². The number of hydrogen-bond donors (Lipinski definition) is 0. The second-order valence-corrected chi connectivity index (χ2v) is 6.86. The second-order valence-electron chi connectivity index (χ2n) is 6.86. The summed E-state index contributed by atoms with van der Waals surface area (Å²) in [6.07, 6.45) is -2.86. The number of likely N-dealkylation sites (tertiary alicyclic amines) is 1. The molecular formula is C15H24FN3O6. The minimum atomic E-state index is -1.25. The van der Waals surface area contributed by atoms with Gasteiger partial charge in [-0.3, -0.25) is 4.90 Å². The number of methoxy groups -OCH3 is 1. The van der Waals surface area contributed by atoms with Crippen LogP contribution in [0, 0.1) is 0 Å². The lowest BCUT2D eigenvalue weighted by atomic mass is 10.1. The molecule has 0 bridgehead atoms. The van der Waals surface area contributed by atoms with Crippen LogP contribution in [0.1, 0.15) is 39.2 Å². The predicted molar refractivity (Wildman–Crippen MR) is 83.7 cm³/mol. The first-order chi connectivity index (χ1) is 11.6. The molecule has 1 saturated heterocycles. The van der Waals surface area contributed by atoms with Crippen molar-refractivity contribution in [3.05, 3.63) is 16.4 Å². The van der Waals surface area contributed by atoms with Crippen LogP contribution >= 0.6 is 0 Å². The SMILES string of the molecule is COCOC(c1nn(C)c(=O)o1)[C@@H]1C[C@H](F)CN1C(=O)OC(C)(C)C. The Bertz CT molecular complexity index is 652. The number of carbonyl (C=O) groups excluding carboxylic acids is 1. The number of aromatic nitrogens is 2. The molecule has 142 valence electrons. The number of halogens is 1. The lowest BCUT2D eigenvalue weighted by Gasteiger charge is -2.31. The van der Waals surface area contributed by atoms with Crippen molar-refractivity contribution in [2.75, 3.05) is 20.4 Å². The van der Waals surface area contributed by atoms with Crippen molar-refractivity contribution in [1.29, 1.82) is 0 Å². The van der Waals surface area contributed by atoms with Crippen LogP contribution < -0.4 is 5.76 Å². The molecule has 0 radical (unpaired) electrons. The molecule has 10 heteroatoms. The molecule has 2 rings (SSSR count). The summed E-state index contributed by atoms with van der Waals surface area (Å²) in [7, 11) is 2.84. The molecule has 1 aliphatic heterocycles. The Morgan fingerprint density at radius 2 is 2.16 bits per heavy atom. The van der Waals surface area contributed by atoms with Crippen LogP contribution in [-0.2, 0) is 21.3 Å². The molecule has 9 nitrogen and oxygen atoms in total. The van der Waals surface area contributed by atoms with Crippen molar-refractivity contribution in [3.8, 4) is 0 Å². The number of hydrogen-bond acceptors (Lipinski definition) is 7. The maximum absolute atomic E-state index is 14.0. The Morgan fingerprint density at radius 1 is 1.48 bits per heavy atom. The normalized spacial score (nSPS) is 22.2. The van der Waals surface area contributed by atoms with Crippen molar-refractivity contribution < 1.29 is 27.8 Å². The van der Waals surface area contributed by atoms with E-state index in [9.17, 15) is 14.0 Å². The Balaban J connectivity index is 2.29. The zero-order valence-electron chi connectivity index (χ0n) is 15.0. The fourth-order valence-electron chi connectivity index (χ4n) is 2.60. The van der Waals surface area contributed by atoms with Gasteiger partial charge in [0.2, 0.25) is 5.89 Å². The monoisotopic (exact) mass is 361 g/mol. The van der Waals surface area contributed by atoms with E-state index in [4.69, 9.17) is 18.6 Å². The van der Waals surface area contributed by atoms with Crippen LogP contribution in [0.5, 0.6) is 0 Å². The summed E-state index contributed by atoms with van der Waals surface area (Å²) in [4.78, 5) is 25.2. The quantitative estimate of drug-likeness (QED) is 0.731. The largest absolute Gasteiger partial charge is 0.444 e. The van der Waals surface area contributed by atoms with Crippen molar-refractivity contribution in [2.45, 2.75) is 51.1 Å². The van der Waals surface area contributed by atoms with Crippen LogP contribution in [0.15, 0.2) is 9.21 Å². The van der Waals surface area contributed by atoms with Gasteiger partial charge in [0.1, 0.15) is 18.6 Å². The fourth-order valence-corrected chi connectivity index (χ4v) is 2.60. The first-order valence-electron chi connectivity index (χ1n) is 7.90. The molecule has 1 aromatic rings. The maximum atomic E-state index is 14.0.